The predicted molar refractivity (Wildman–Crippen MR) is 83.3 cm³/mol. The maximum atomic E-state index is 13.6. The molecule has 0 aromatic heterocycles. The van der Waals surface area contributed by atoms with Crippen LogP contribution in [0.2, 0.25) is 0 Å². The van der Waals surface area contributed by atoms with E-state index in [0.29, 0.717) is 22.8 Å². The second-order valence-electron chi connectivity index (χ2n) is 7.41. The van der Waals surface area contributed by atoms with Crippen LogP contribution in [0, 0.1) is 36.4 Å². The van der Waals surface area contributed by atoms with E-state index in [2.05, 4.69) is 39.9 Å². The maximum Gasteiger partial charge on any atom is 0.123 e. The third-order valence-corrected chi connectivity index (χ3v) is 5.76. The van der Waals surface area contributed by atoms with Crippen LogP contribution in [0.1, 0.15) is 57.4 Å². The third-order valence-electron chi connectivity index (χ3n) is 5.76. The molecule has 2 rings (SSSR count). The van der Waals surface area contributed by atoms with Gasteiger partial charge in [0.25, 0.3) is 0 Å². The van der Waals surface area contributed by atoms with Gasteiger partial charge in [0.2, 0.25) is 0 Å². The highest BCUT2D eigenvalue weighted by molar-refractivity contribution is 5.39. The lowest BCUT2D eigenvalue weighted by atomic mass is 9.89. The summed E-state index contributed by atoms with van der Waals surface area (Å²) in [6, 6.07) is 3.63. The van der Waals surface area contributed by atoms with E-state index in [9.17, 15) is 4.39 Å². The van der Waals surface area contributed by atoms with Gasteiger partial charge in [-0.25, -0.2) is 4.39 Å². The lowest BCUT2D eigenvalue weighted by Crippen LogP contribution is -2.26. The second-order valence-corrected chi connectivity index (χ2v) is 7.41. The van der Waals surface area contributed by atoms with Crippen molar-refractivity contribution in [3.05, 3.63) is 34.6 Å². The van der Waals surface area contributed by atoms with Crippen LogP contribution in [-0.2, 0) is 0 Å². The van der Waals surface area contributed by atoms with Gasteiger partial charge in [0.15, 0.2) is 0 Å². The van der Waals surface area contributed by atoms with E-state index >= 15 is 0 Å². The summed E-state index contributed by atoms with van der Waals surface area (Å²) in [5.41, 5.74) is 4.04. The fraction of sp³-hybridized carbons (Fsp3) is 0.667. The first-order chi connectivity index (χ1) is 9.14. The highest BCUT2D eigenvalue weighted by atomic mass is 19.1. The van der Waals surface area contributed by atoms with Crippen LogP contribution in [0.4, 0.5) is 4.39 Å². The van der Waals surface area contributed by atoms with Gasteiger partial charge in [-0.1, -0.05) is 34.6 Å². The van der Waals surface area contributed by atoms with Gasteiger partial charge in [0.1, 0.15) is 5.82 Å². The van der Waals surface area contributed by atoms with E-state index in [1.807, 2.05) is 13.8 Å². The van der Waals surface area contributed by atoms with E-state index in [-0.39, 0.29) is 5.82 Å². The summed E-state index contributed by atoms with van der Waals surface area (Å²) in [7, 11) is 0. The predicted octanol–water partition coefficient (Wildman–Crippen LogP) is 4.78. The number of benzene rings is 1. The summed E-state index contributed by atoms with van der Waals surface area (Å²) in [6.07, 6.45) is 0. The fourth-order valence-electron chi connectivity index (χ4n) is 4.10. The largest absolute Gasteiger partial charge is 0.310 e. The van der Waals surface area contributed by atoms with Gasteiger partial charge in [-0.2, -0.15) is 0 Å². The quantitative estimate of drug-likeness (QED) is 0.835. The number of hydrogen-bond acceptors (Lipinski definition) is 1. The Bertz CT molecular complexity index is 479. The Morgan fingerprint density at radius 1 is 1.10 bits per heavy atom. The van der Waals surface area contributed by atoms with E-state index in [1.54, 1.807) is 12.1 Å². The number of rotatable bonds is 4. The molecule has 1 N–H and O–H groups in total. The summed E-state index contributed by atoms with van der Waals surface area (Å²) >= 11 is 0. The standard InChI is InChI=1S/C18H28FN/c1-8-20-15(16-17(4,5)18(16,6)7)14-11(2)9-13(19)10-12(14)3/h9-10,15-16,20H,8H2,1-7H3. The van der Waals surface area contributed by atoms with Crippen molar-refractivity contribution in [2.24, 2.45) is 16.7 Å². The molecule has 2 heteroatoms. The second kappa shape index (κ2) is 4.84. The molecule has 1 aromatic carbocycles. The molecule has 0 aliphatic heterocycles. The van der Waals surface area contributed by atoms with Gasteiger partial charge in [-0.15, -0.1) is 0 Å². The van der Waals surface area contributed by atoms with Crippen molar-refractivity contribution >= 4 is 0 Å². The molecule has 1 atom stereocenters. The highest BCUT2D eigenvalue weighted by Crippen LogP contribution is 2.72. The van der Waals surface area contributed by atoms with Gasteiger partial charge < -0.3 is 5.32 Å². The van der Waals surface area contributed by atoms with Gasteiger partial charge >= 0.3 is 0 Å². The zero-order chi connectivity index (χ0) is 15.3. The Hall–Kier alpha value is -0.890. The lowest BCUT2D eigenvalue weighted by Gasteiger charge is -2.25. The molecular weight excluding hydrogens is 249 g/mol. The summed E-state index contributed by atoms with van der Waals surface area (Å²) in [5, 5.41) is 3.65. The van der Waals surface area contributed by atoms with Crippen LogP contribution in [0.25, 0.3) is 0 Å². The summed E-state index contributed by atoms with van der Waals surface area (Å²) in [6.45, 7) is 16.5. The van der Waals surface area contributed by atoms with Crippen LogP contribution in [0.5, 0.6) is 0 Å². The van der Waals surface area contributed by atoms with Crippen molar-refractivity contribution in [1.82, 2.24) is 5.32 Å². The van der Waals surface area contributed by atoms with Crippen LogP contribution < -0.4 is 5.32 Å². The summed E-state index contributed by atoms with van der Waals surface area (Å²) < 4.78 is 13.6. The summed E-state index contributed by atoms with van der Waals surface area (Å²) in [4.78, 5) is 0. The van der Waals surface area contributed by atoms with Crippen molar-refractivity contribution in [2.75, 3.05) is 6.54 Å². The molecule has 1 aliphatic carbocycles. The molecule has 1 unspecified atom stereocenters. The molecule has 0 heterocycles. The fourth-order valence-corrected chi connectivity index (χ4v) is 4.10. The molecule has 0 amide bonds. The number of nitrogens with one attached hydrogen (secondary N) is 1. The zero-order valence-electron chi connectivity index (χ0n) is 13.9. The first-order valence-corrected chi connectivity index (χ1v) is 7.64. The van der Waals surface area contributed by atoms with Crippen molar-refractivity contribution in [3.63, 3.8) is 0 Å². The van der Waals surface area contributed by atoms with Crippen LogP contribution in [-0.4, -0.2) is 6.54 Å². The van der Waals surface area contributed by atoms with Crippen molar-refractivity contribution in [2.45, 2.75) is 54.5 Å². The van der Waals surface area contributed by atoms with Crippen LogP contribution in [0.15, 0.2) is 12.1 Å². The lowest BCUT2D eigenvalue weighted by molar-refractivity contribution is 0.415. The Morgan fingerprint density at radius 3 is 1.90 bits per heavy atom. The van der Waals surface area contributed by atoms with Crippen LogP contribution in [0.3, 0.4) is 0 Å². The number of halogens is 1. The minimum absolute atomic E-state index is 0.131. The Kier molecular flexibility index (Phi) is 3.75. The van der Waals surface area contributed by atoms with Gasteiger partial charge in [0, 0.05) is 6.04 Å². The first-order valence-electron chi connectivity index (χ1n) is 7.64. The summed E-state index contributed by atoms with van der Waals surface area (Å²) in [5.74, 6) is 0.450. The van der Waals surface area contributed by atoms with E-state index < -0.39 is 0 Å². The van der Waals surface area contributed by atoms with Crippen LogP contribution >= 0.6 is 0 Å². The van der Waals surface area contributed by atoms with Gasteiger partial charge in [-0.3, -0.25) is 0 Å². The molecule has 112 valence electrons. The molecule has 1 saturated carbocycles. The average molecular weight is 277 g/mol. The zero-order valence-corrected chi connectivity index (χ0v) is 13.9. The smallest absolute Gasteiger partial charge is 0.123 e. The molecular formula is C18H28FN. The normalized spacial score (nSPS) is 21.8. The molecule has 1 nitrogen and oxygen atoms in total. The molecule has 0 radical (unpaired) electrons. The topological polar surface area (TPSA) is 12.0 Å². The van der Waals surface area contributed by atoms with E-state index in [1.165, 1.54) is 5.56 Å². The maximum absolute atomic E-state index is 13.6. The van der Waals surface area contributed by atoms with Crippen molar-refractivity contribution < 1.29 is 4.39 Å². The molecule has 1 aromatic rings. The van der Waals surface area contributed by atoms with Gasteiger partial charge in [0.05, 0.1) is 0 Å². The molecule has 0 bridgehead atoms. The molecule has 1 fully saturated rings. The van der Waals surface area contributed by atoms with Crippen molar-refractivity contribution in [1.29, 1.82) is 0 Å². The monoisotopic (exact) mass is 277 g/mol. The SMILES string of the molecule is CCNC(c1c(C)cc(F)cc1C)C1C(C)(C)C1(C)C. The van der Waals surface area contributed by atoms with E-state index in [4.69, 9.17) is 0 Å². The molecule has 1 aliphatic rings. The number of hydrogen-bond donors (Lipinski definition) is 1. The minimum Gasteiger partial charge on any atom is -0.310 e. The number of aryl methyl sites for hydroxylation is 2. The Balaban J connectivity index is 2.47. The van der Waals surface area contributed by atoms with Gasteiger partial charge in [-0.05, 0) is 66.0 Å². The minimum atomic E-state index is -0.131. The highest BCUT2D eigenvalue weighted by Gasteiger charge is 2.67. The average Bonchev–Trinajstić information content (AvgIpc) is 2.66. The van der Waals surface area contributed by atoms with E-state index in [0.717, 1.165) is 17.7 Å². The molecule has 20 heavy (non-hydrogen) atoms. The van der Waals surface area contributed by atoms with Crippen molar-refractivity contribution in [3.8, 4) is 0 Å². The molecule has 0 spiro atoms. The molecule has 0 saturated heterocycles. The Morgan fingerprint density at radius 2 is 1.55 bits per heavy atom. The first kappa shape index (κ1) is 15.5. The third kappa shape index (κ3) is 2.18. The Labute approximate surface area is 123 Å².